The van der Waals surface area contributed by atoms with E-state index in [2.05, 4.69) is 23.2 Å². The van der Waals surface area contributed by atoms with Crippen molar-refractivity contribution in [1.29, 1.82) is 0 Å². The number of aromatic nitrogens is 1. The lowest BCUT2D eigenvalue weighted by atomic mass is 9.96. The molecule has 3 rings (SSSR count). The second-order valence-electron chi connectivity index (χ2n) is 4.79. The van der Waals surface area contributed by atoms with Crippen LogP contribution in [0.25, 0.3) is 10.9 Å². The van der Waals surface area contributed by atoms with Gasteiger partial charge in [0.15, 0.2) is 0 Å². The zero-order valence-electron chi connectivity index (χ0n) is 9.73. The standard InChI is InChI=1S/C15H15NO/c17-15-5-1-3-13(15)10-11-6-7-14-12(9-11)4-2-8-16-14/h2,4,6-9,13H,1,3,5,10H2. The number of hydrogen-bond acceptors (Lipinski definition) is 2. The zero-order valence-corrected chi connectivity index (χ0v) is 9.73. The third kappa shape index (κ3) is 2.07. The molecule has 1 aliphatic rings. The first-order valence-corrected chi connectivity index (χ1v) is 6.19. The molecule has 1 aromatic heterocycles. The summed E-state index contributed by atoms with van der Waals surface area (Å²) in [6.07, 6.45) is 5.61. The highest BCUT2D eigenvalue weighted by Crippen LogP contribution is 2.26. The van der Waals surface area contributed by atoms with Gasteiger partial charge in [0.1, 0.15) is 5.78 Å². The van der Waals surface area contributed by atoms with E-state index in [4.69, 9.17) is 0 Å². The van der Waals surface area contributed by atoms with Gasteiger partial charge in [0, 0.05) is 23.9 Å². The summed E-state index contributed by atoms with van der Waals surface area (Å²) in [6, 6.07) is 10.3. The molecule has 86 valence electrons. The number of benzene rings is 1. The van der Waals surface area contributed by atoms with Gasteiger partial charge < -0.3 is 0 Å². The summed E-state index contributed by atoms with van der Waals surface area (Å²) in [5.74, 6) is 0.695. The van der Waals surface area contributed by atoms with Gasteiger partial charge in [-0.1, -0.05) is 12.1 Å². The van der Waals surface area contributed by atoms with E-state index >= 15 is 0 Å². The molecule has 0 spiro atoms. The normalized spacial score (nSPS) is 20.0. The van der Waals surface area contributed by atoms with Crippen molar-refractivity contribution in [3.05, 3.63) is 42.1 Å². The summed E-state index contributed by atoms with van der Waals surface area (Å²) in [4.78, 5) is 15.9. The number of ketones is 1. The number of rotatable bonds is 2. The van der Waals surface area contributed by atoms with Gasteiger partial charge in [-0.15, -0.1) is 0 Å². The highest BCUT2D eigenvalue weighted by molar-refractivity contribution is 5.83. The number of Topliss-reactive ketones (excluding diaryl/α,β-unsaturated/α-hetero) is 1. The first-order chi connectivity index (χ1) is 8.33. The second-order valence-corrected chi connectivity index (χ2v) is 4.79. The molecule has 1 atom stereocenters. The summed E-state index contributed by atoms with van der Waals surface area (Å²) < 4.78 is 0. The average molecular weight is 225 g/mol. The molecule has 0 aliphatic heterocycles. The molecule has 2 nitrogen and oxygen atoms in total. The molecule has 0 N–H and O–H groups in total. The zero-order chi connectivity index (χ0) is 11.7. The van der Waals surface area contributed by atoms with Crippen LogP contribution in [0.15, 0.2) is 36.5 Å². The van der Waals surface area contributed by atoms with E-state index in [0.717, 1.165) is 36.6 Å². The molecule has 1 fully saturated rings. The Bertz CT molecular complexity index is 562. The van der Waals surface area contributed by atoms with Crippen molar-refractivity contribution in [2.75, 3.05) is 0 Å². The molecule has 1 heterocycles. The van der Waals surface area contributed by atoms with Crippen molar-refractivity contribution in [2.45, 2.75) is 25.7 Å². The lowest BCUT2D eigenvalue weighted by Crippen LogP contribution is -2.09. The van der Waals surface area contributed by atoms with Gasteiger partial charge in [0.25, 0.3) is 0 Å². The van der Waals surface area contributed by atoms with E-state index in [0.29, 0.717) is 5.78 Å². The predicted octanol–water partition coefficient (Wildman–Crippen LogP) is 3.15. The van der Waals surface area contributed by atoms with Gasteiger partial charge in [-0.3, -0.25) is 9.78 Å². The minimum atomic E-state index is 0.254. The molecular weight excluding hydrogens is 210 g/mol. The van der Waals surface area contributed by atoms with Crippen molar-refractivity contribution in [3.8, 4) is 0 Å². The van der Waals surface area contributed by atoms with Crippen molar-refractivity contribution < 1.29 is 4.79 Å². The number of nitrogens with zero attached hydrogens (tertiary/aromatic N) is 1. The highest BCUT2D eigenvalue weighted by Gasteiger charge is 2.24. The van der Waals surface area contributed by atoms with Crippen LogP contribution in [0.4, 0.5) is 0 Å². The molecular formula is C15H15NO. The van der Waals surface area contributed by atoms with Gasteiger partial charge in [-0.25, -0.2) is 0 Å². The van der Waals surface area contributed by atoms with Gasteiger partial charge in [0.2, 0.25) is 0 Å². The Hall–Kier alpha value is -1.70. The lowest BCUT2D eigenvalue weighted by molar-refractivity contribution is -0.120. The summed E-state index contributed by atoms with van der Waals surface area (Å²) >= 11 is 0. The van der Waals surface area contributed by atoms with Crippen LogP contribution in [0.2, 0.25) is 0 Å². The summed E-state index contributed by atoms with van der Waals surface area (Å²) in [6.45, 7) is 0. The van der Waals surface area contributed by atoms with Crippen molar-refractivity contribution in [1.82, 2.24) is 4.98 Å². The first kappa shape index (κ1) is 10.5. The van der Waals surface area contributed by atoms with Crippen LogP contribution >= 0.6 is 0 Å². The number of pyridine rings is 1. The van der Waals surface area contributed by atoms with Crippen LogP contribution in [0, 0.1) is 5.92 Å². The van der Waals surface area contributed by atoms with Crippen LogP contribution in [-0.2, 0) is 11.2 Å². The quantitative estimate of drug-likeness (QED) is 0.785. The Morgan fingerprint density at radius 2 is 2.24 bits per heavy atom. The molecule has 0 bridgehead atoms. The molecule has 17 heavy (non-hydrogen) atoms. The van der Waals surface area contributed by atoms with E-state index in [9.17, 15) is 4.79 Å². The predicted molar refractivity (Wildman–Crippen MR) is 67.8 cm³/mol. The first-order valence-electron chi connectivity index (χ1n) is 6.19. The summed E-state index contributed by atoms with van der Waals surface area (Å²) in [7, 11) is 0. The Kier molecular flexibility index (Phi) is 2.63. The van der Waals surface area contributed by atoms with Gasteiger partial charge in [0.05, 0.1) is 5.52 Å². The Morgan fingerprint density at radius 1 is 1.29 bits per heavy atom. The fourth-order valence-electron chi connectivity index (χ4n) is 2.64. The van der Waals surface area contributed by atoms with Crippen molar-refractivity contribution in [3.63, 3.8) is 0 Å². The van der Waals surface area contributed by atoms with E-state index in [1.54, 1.807) is 0 Å². The van der Waals surface area contributed by atoms with Crippen molar-refractivity contribution >= 4 is 16.7 Å². The molecule has 2 aromatic rings. The maximum Gasteiger partial charge on any atom is 0.136 e. The maximum atomic E-state index is 11.6. The maximum absolute atomic E-state index is 11.6. The minimum absolute atomic E-state index is 0.254. The van der Waals surface area contributed by atoms with Crippen LogP contribution in [0.1, 0.15) is 24.8 Å². The van der Waals surface area contributed by atoms with E-state index in [1.165, 1.54) is 5.56 Å². The molecule has 1 aromatic carbocycles. The fourth-order valence-corrected chi connectivity index (χ4v) is 2.64. The van der Waals surface area contributed by atoms with Gasteiger partial charge in [-0.05, 0) is 43.0 Å². The Morgan fingerprint density at radius 3 is 3.06 bits per heavy atom. The van der Waals surface area contributed by atoms with E-state index in [1.807, 2.05) is 18.3 Å². The molecule has 2 heteroatoms. The number of carbonyl (C=O) groups excluding carboxylic acids is 1. The third-order valence-corrected chi connectivity index (χ3v) is 3.58. The molecule has 1 saturated carbocycles. The van der Waals surface area contributed by atoms with Crippen LogP contribution < -0.4 is 0 Å². The molecule has 0 radical (unpaired) electrons. The van der Waals surface area contributed by atoms with E-state index in [-0.39, 0.29) is 5.92 Å². The van der Waals surface area contributed by atoms with Gasteiger partial charge >= 0.3 is 0 Å². The molecule has 1 unspecified atom stereocenters. The van der Waals surface area contributed by atoms with Crippen LogP contribution in [0.5, 0.6) is 0 Å². The minimum Gasteiger partial charge on any atom is -0.299 e. The summed E-state index contributed by atoms with van der Waals surface area (Å²) in [5, 5.41) is 1.16. The number of fused-ring (bicyclic) bond motifs is 1. The summed E-state index contributed by atoms with van der Waals surface area (Å²) in [5.41, 5.74) is 2.28. The van der Waals surface area contributed by atoms with Crippen LogP contribution in [-0.4, -0.2) is 10.8 Å². The van der Waals surface area contributed by atoms with Crippen LogP contribution in [0.3, 0.4) is 0 Å². The second kappa shape index (κ2) is 4.28. The topological polar surface area (TPSA) is 30.0 Å². The average Bonchev–Trinajstić information content (AvgIpc) is 2.75. The SMILES string of the molecule is O=C1CCCC1Cc1ccc2ncccc2c1. The smallest absolute Gasteiger partial charge is 0.136 e. The fraction of sp³-hybridized carbons (Fsp3) is 0.333. The molecule has 0 saturated heterocycles. The largest absolute Gasteiger partial charge is 0.299 e. The number of carbonyl (C=O) groups is 1. The lowest BCUT2D eigenvalue weighted by Gasteiger charge is -2.08. The highest BCUT2D eigenvalue weighted by atomic mass is 16.1. The van der Waals surface area contributed by atoms with Crippen molar-refractivity contribution in [2.24, 2.45) is 5.92 Å². The molecule has 0 amide bonds. The number of hydrogen-bond donors (Lipinski definition) is 0. The monoisotopic (exact) mass is 225 g/mol. The Labute approximate surface area is 101 Å². The van der Waals surface area contributed by atoms with E-state index < -0.39 is 0 Å². The Balaban J connectivity index is 1.88. The van der Waals surface area contributed by atoms with Gasteiger partial charge in [-0.2, -0.15) is 0 Å². The third-order valence-electron chi connectivity index (χ3n) is 3.58. The molecule has 1 aliphatic carbocycles.